The fraction of sp³-hybridized carbons (Fsp3) is 0.125. The van der Waals surface area contributed by atoms with Crippen molar-refractivity contribution in [3.05, 3.63) is 95.3 Å². The summed E-state index contributed by atoms with van der Waals surface area (Å²) >= 11 is 0. The molecule has 0 fully saturated rings. The molecule has 31 heavy (non-hydrogen) atoms. The van der Waals surface area contributed by atoms with Gasteiger partial charge in [-0.2, -0.15) is 0 Å². The Labute approximate surface area is 178 Å². The van der Waals surface area contributed by atoms with Gasteiger partial charge in [0.2, 0.25) is 11.7 Å². The first-order valence-electron chi connectivity index (χ1n) is 9.44. The molecular formula is C24H20FNO5. The number of para-hydroxylation sites is 1. The standard InChI is InChI=1S/C24H20FNO5/c1-30-22-12-11-17(25)14-19(22)21(27)15-31-24(29)18-9-5-6-10-20(18)26-23(28)13-16-7-3-2-4-8-16/h2-12,14H,13,15H2,1H3,(H,26,28). The van der Waals surface area contributed by atoms with Gasteiger partial charge in [-0.05, 0) is 35.9 Å². The van der Waals surface area contributed by atoms with Crippen molar-refractivity contribution in [2.75, 3.05) is 19.0 Å². The highest BCUT2D eigenvalue weighted by molar-refractivity contribution is 6.04. The summed E-state index contributed by atoms with van der Waals surface area (Å²) in [6, 6.07) is 19.0. The van der Waals surface area contributed by atoms with Gasteiger partial charge in [-0.25, -0.2) is 9.18 Å². The normalized spacial score (nSPS) is 10.3. The van der Waals surface area contributed by atoms with Crippen molar-refractivity contribution >= 4 is 23.3 Å². The summed E-state index contributed by atoms with van der Waals surface area (Å²) in [6.45, 7) is -0.606. The van der Waals surface area contributed by atoms with E-state index in [1.54, 1.807) is 18.2 Å². The van der Waals surface area contributed by atoms with Gasteiger partial charge >= 0.3 is 5.97 Å². The third-order valence-electron chi connectivity index (χ3n) is 4.42. The third kappa shape index (κ3) is 5.76. The van der Waals surface area contributed by atoms with Crippen molar-refractivity contribution < 1.29 is 28.2 Å². The number of ketones is 1. The Kier molecular flexibility index (Phi) is 7.11. The van der Waals surface area contributed by atoms with E-state index in [2.05, 4.69) is 5.32 Å². The summed E-state index contributed by atoms with van der Waals surface area (Å²) in [5.41, 5.74) is 1.17. The number of methoxy groups -OCH3 is 1. The van der Waals surface area contributed by atoms with Crippen LogP contribution in [0.15, 0.2) is 72.8 Å². The van der Waals surface area contributed by atoms with Crippen LogP contribution in [0.25, 0.3) is 0 Å². The monoisotopic (exact) mass is 421 g/mol. The van der Waals surface area contributed by atoms with Crippen LogP contribution in [0, 0.1) is 5.82 Å². The van der Waals surface area contributed by atoms with Crippen LogP contribution in [-0.4, -0.2) is 31.4 Å². The molecule has 0 aromatic heterocycles. The van der Waals surface area contributed by atoms with E-state index in [9.17, 15) is 18.8 Å². The van der Waals surface area contributed by atoms with E-state index in [4.69, 9.17) is 9.47 Å². The lowest BCUT2D eigenvalue weighted by Crippen LogP contribution is -2.19. The van der Waals surface area contributed by atoms with Gasteiger partial charge in [0.1, 0.15) is 11.6 Å². The van der Waals surface area contributed by atoms with Crippen molar-refractivity contribution in [1.82, 2.24) is 0 Å². The average molecular weight is 421 g/mol. The summed E-state index contributed by atoms with van der Waals surface area (Å²) < 4.78 is 23.6. The first-order valence-corrected chi connectivity index (χ1v) is 9.44. The maximum Gasteiger partial charge on any atom is 0.340 e. The predicted molar refractivity (Wildman–Crippen MR) is 113 cm³/mol. The SMILES string of the molecule is COc1ccc(F)cc1C(=O)COC(=O)c1ccccc1NC(=O)Cc1ccccc1. The number of halogens is 1. The number of Topliss-reactive ketones (excluding diaryl/α,β-unsaturated/α-hetero) is 1. The molecule has 0 saturated heterocycles. The molecule has 1 amide bonds. The summed E-state index contributed by atoms with van der Waals surface area (Å²) in [5.74, 6) is -2.14. The van der Waals surface area contributed by atoms with Crippen molar-refractivity contribution in [2.45, 2.75) is 6.42 Å². The number of anilines is 1. The van der Waals surface area contributed by atoms with Crippen LogP contribution < -0.4 is 10.1 Å². The zero-order valence-corrected chi connectivity index (χ0v) is 16.8. The van der Waals surface area contributed by atoms with Gasteiger partial charge in [-0.1, -0.05) is 42.5 Å². The lowest BCUT2D eigenvalue weighted by atomic mass is 10.1. The van der Waals surface area contributed by atoms with Gasteiger partial charge < -0.3 is 14.8 Å². The Balaban J connectivity index is 1.67. The molecule has 6 nitrogen and oxygen atoms in total. The van der Waals surface area contributed by atoms with Gasteiger partial charge in [-0.15, -0.1) is 0 Å². The van der Waals surface area contributed by atoms with E-state index in [-0.39, 0.29) is 34.9 Å². The molecule has 3 aromatic rings. The van der Waals surface area contributed by atoms with Crippen molar-refractivity contribution in [3.63, 3.8) is 0 Å². The topological polar surface area (TPSA) is 81.7 Å². The fourth-order valence-electron chi connectivity index (χ4n) is 2.93. The molecular weight excluding hydrogens is 401 g/mol. The van der Waals surface area contributed by atoms with Gasteiger partial charge in [0, 0.05) is 0 Å². The van der Waals surface area contributed by atoms with E-state index in [1.165, 1.54) is 19.2 Å². The molecule has 0 bridgehead atoms. The average Bonchev–Trinajstić information content (AvgIpc) is 2.78. The van der Waals surface area contributed by atoms with Crippen LogP contribution in [0.1, 0.15) is 26.3 Å². The quantitative estimate of drug-likeness (QED) is 0.438. The van der Waals surface area contributed by atoms with Gasteiger partial charge in [0.15, 0.2) is 6.61 Å². The van der Waals surface area contributed by atoms with Crippen LogP contribution in [0.2, 0.25) is 0 Å². The molecule has 0 heterocycles. The molecule has 0 atom stereocenters. The highest BCUT2D eigenvalue weighted by Gasteiger charge is 2.19. The number of esters is 1. The summed E-state index contributed by atoms with van der Waals surface area (Å²) in [4.78, 5) is 37.3. The maximum atomic E-state index is 13.5. The number of hydrogen-bond acceptors (Lipinski definition) is 5. The number of ether oxygens (including phenoxy) is 2. The van der Waals surface area contributed by atoms with Crippen LogP contribution >= 0.6 is 0 Å². The minimum Gasteiger partial charge on any atom is -0.496 e. The molecule has 0 aliphatic carbocycles. The Bertz CT molecular complexity index is 1100. The second-order valence-electron chi connectivity index (χ2n) is 6.60. The van der Waals surface area contributed by atoms with Crippen LogP contribution in [-0.2, 0) is 16.0 Å². The third-order valence-corrected chi connectivity index (χ3v) is 4.42. The first kappa shape index (κ1) is 21.7. The second-order valence-corrected chi connectivity index (χ2v) is 6.60. The fourth-order valence-corrected chi connectivity index (χ4v) is 2.93. The van der Waals surface area contributed by atoms with Crippen molar-refractivity contribution in [1.29, 1.82) is 0 Å². The Hall–Kier alpha value is -4.00. The smallest absolute Gasteiger partial charge is 0.340 e. The molecule has 0 radical (unpaired) electrons. The zero-order chi connectivity index (χ0) is 22.2. The molecule has 0 unspecified atom stereocenters. The minimum atomic E-state index is -0.792. The minimum absolute atomic E-state index is 0.0280. The number of nitrogens with one attached hydrogen (secondary N) is 1. The van der Waals surface area contributed by atoms with Gasteiger partial charge in [-0.3, -0.25) is 9.59 Å². The number of benzene rings is 3. The molecule has 7 heteroatoms. The van der Waals surface area contributed by atoms with E-state index < -0.39 is 24.2 Å². The lowest BCUT2D eigenvalue weighted by Gasteiger charge is -2.12. The van der Waals surface area contributed by atoms with E-state index in [0.717, 1.165) is 17.7 Å². The molecule has 3 rings (SSSR count). The van der Waals surface area contributed by atoms with Crippen LogP contribution in [0.5, 0.6) is 5.75 Å². The van der Waals surface area contributed by atoms with Gasteiger partial charge in [0.05, 0.1) is 30.3 Å². The number of carbonyl (C=O) groups excluding carboxylic acids is 3. The Morgan fingerprint density at radius 3 is 2.35 bits per heavy atom. The number of hydrogen-bond donors (Lipinski definition) is 1. The predicted octanol–water partition coefficient (Wildman–Crippen LogP) is 4.06. The van der Waals surface area contributed by atoms with E-state index in [0.29, 0.717) is 0 Å². The lowest BCUT2D eigenvalue weighted by molar-refractivity contribution is -0.115. The Morgan fingerprint density at radius 2 is 1.61 bits per heavy atom. The second kappa shape index (κ2) is 10.2. The highest BCUT2D eigenvalue weighted by atomic mass is 19.1. The summed E-state index contributed by atoms with van der Waals surface area (Å²) in [5, 5.41) is 2.69. The van der Waals surface area contributed by atoms with Crippen molar-refractivity contribution in [3.8, 4) is 5.75 Å². The molecule has 1 N–H and O–H groups in total. The first-order chi connectivity index (χ1) is 15.0. The Morgan fingerprint density at radius 1 is 0.903 bits per heavy atom. The number of carbonyl (C=O) groups is 3. The van der Waals surface area contributed by atoms with Crippen molar-refractivity contribution in [2.24, 2.45) is 0 Å². The molecule has 0 spiro atoms. The highest BCUT2D eigenvalue weighted by Crippen LogP contribution is 2.21. The summed E-state index contributed by atoms with van der Waals surface area (Å²) in [7, 11) is 1.35. The maximum absolute atomic E-state index is 13.5. The summed E-state index contributed by atoms with van der Waals surface area (Å²) in [6.07, 6.45) is 0.141. The molecule has 0 aliphatic rings. The van der Waals surface area contributed by atoms with Crippen LogP contribution in [0.4, 0.5) is 10.1 Å². The molecule has 0 aliphatic heterocycles. The van der Waals surface area contributed by atoms with E-state index in [1.807, 2.05) is 30.3 Å². The van der Waals surface area contributed by atoms with E-state index >= 15 is 0 Å². The molecule has 158 valence electrons. The van der Waals surface area contributed by atoms with Gasteiger partial charge in [0.25, 0.3) is 0 Å². The largest absolute Gasteiger partial charge is 0.496 e. The molecule has 0 saturated carbocycles. The zero-order valence-electron chi connectivity index (χ0n) is 16.8. The van der Waals surface area contributed by atoms with Crippen LogP contribution in [0.3, 0.4) is 0 Å². The number of amides is 1. The number of rotatable bonds is 8. The molecule has 3 aromatic carbocycles.